The molecule has 0 spiro atoms. The van der Waals surface area contributed by atoms with Crippen LogP contribution in [0.2, 0.25) is 0 Å². The zero-order valence-corrected chi connectivity index (χ0v) is 11.0. The quantitative estimate of drug-likeness (QED) is 0.781. The highest BCUT2D eigenvalue weighted by atomic mass is 79.9. The van der Waals surface area contributed by atoms with E-state index in [1.165, 1.54) is 7.11 Å². The van der Waals surface area contributed by atoms with E-state index in [0.717, 1.165) is 15.8 Å². The predicted octanol–water partition coefficient (Wildman–Crippen LogP) is 2.95. The Morgan fingerprint density at radius 2 is 2.19 bits per heavy atom. The zero-order chi connectivity index (χ0) is 12.0. The van der Waals surface area contributed by atoms with Gasteiger partial charge in [-0.15, -0.1) is 0 Å². The van der Waals surface area contributed by atoms with Crippen LogP contribution in [0.25, 0.3) is 0 Å². The fourth-order valence-corrected chi connectivity index (χ4v) is 1.79. The van der Waals surface area contributed by atoms with E-state index in [0.29, 0.717) is 19.4 Å². The minimum Gasteiger partial charge on any atom is -0.494 e. The Bertz CT molecular complexity index is 363. The normalized spacial score (nSPS) is 9.94. The summed E-state index contributed by atoms with van der Waals surface area (Å²) in [6, 6.07) is 5.79. The van der Waals surface area contributed by atoms with Gasteiger partial charge in [-0.25, -0.2) is 0 Å². The summed E-state index contributed by atoms with van der Waals surface area (Å²) >= 11 is 3.40. The predicted molar refractivity (Wildman–Crippen MR) is 65.6 cm³/mol. The first-order valence-electron chi connectivity index (χ1n) is 5.15. The van der Waals surface area contributed by atoms with E-state index in [1.54, 1.807) is 0 Å². The molecule has 0 aromatic heterocycles. The minimum atomic E-state index is -0.206. The minimum absolute atomic E-state index is 0.206. The largest absolute Gasteiger partial charge is 0.494 e. The van der Waals surface area contributed by atoms with Gasteiger partial charge in [-0.2, -0.15) is 0 Å². The smallest absolute Gasteiger partial charge is 0.305 e. The van der Waals surface area contributed by atoms with Crippen LogP contribution in [0.4, 0.5) is 0 Å². The Hall–Kier alpha value is -1.03. The first-order chi connectivity index (χ1) is 7.67. The number of halogens is 1. The third kappa shape index (κ3) is 3.85. The molecule has 16 heavy (non-hydrogen) atoms. The van der Waals surface area contributed by atoms with Crippen LogP contribution in [-0.4, -0.2) is 19.7 Å². The summed E-state index contributed by atoms with van der Waals surface area (Å²) in [6.45, 7) is 2.55. The number of hydrogen-bond acceptors (Lipinski definition) is 3. The van der Waals surface area contributed by atoms with Gasteiger partial charge in [-0.1, -0.05) is 15.9 Å². The molecular formula is C12H15BrO3. The van der Waals surface area contributed by atoms with Crippen molar-refractivity contribution in [1.29, 1.82) is 0 Å². The van der Waals surface area contributed by atoms with Crippen molar-refractivity contribution in [3.8, 4) is 5.75 Å². The zero-order valence-electron chi connectivity index (χ0n) is 9.46. The highest BCUT2D eigenvalue weighted by Gasteiger charge is 2.07. The van der Waals surface area contributed by atoms with Gasteiger partial charge >= 0.3 is 5.97 Å². The maximum absolute atomic E-state index is 11.1. The van der Waals surface area contributed by atoms with Crippen molar-refractivity contribution in [2.45, 2.75) is 19.8 Å². The lowest BCUT2D eigenvalue weighted by molar-refractivity contribution is -0.140. The Morgan fingerprint density at radius 3 is 2.81 bits per heavy atom. The number of rotatable bonds is 5. The van der Waals surface area contributed by atoms with Crippen LogP contribution in [0.5, 0.6) is 5.75 Å². The summed E-state index contributed by atoms with van der Waals surface area (Å²) in [4.78, 5) is 11.1. The van der Waals surface area contributed by atoms with Crippen LogP contribution in [0, 0.1) is 0 Å². The fourth-order valence-electron chi connectivity index (χ4n) is 1.38. The van der Waals surface area contributed by atoms with E-state index in [2.05, 4.69) is 20.7 Å². The van der Waals surface area contributed by atoms with E-state index in [-0.39, 0.29) is 5.97 Å². The van der Waals surface area contributed by atoms with Gasteiger partial charge in [0.15, 0.2) is 0 Å². The van der Waals surface area contributed by atoms with E-state index >= 15 is 0 Å². The van der Waals surface area contributed by atoms with Crippen molar-refractivity contribution >= 4 is 21.9 Å². The average molecular weight is 287 g/mol. The molecule has 0 amide bonds. The molecule has 0 bridgehead atoms. The number of carbonyl (C=O) groups is 1. The molecule has 0 N–H and O–H groups in total. The second-order valence-electron chi connectivity index (χ2n) is 3.26. The van der Waals surface area contributed by atoms with Gasteiger partial charge in [0.25, 0.3) is 0 Å². The third-order valence-corrected chi connectivity index (χ3v) is 2.64. The van der Waals surface area contributed by atoms with Crippen LogP contribution in [0.1, 0.15) is 18.9 Å². The van der Waals surface area contributed by atoms with E-state index in [4.69, 9.17) is 4.74 Å². The van der Waals surface area contributed by atoms with Crippen molar-refractivity contribution in [3.63, 3.8) is 0 Å². The monoisotopic (exact) mass is 286 g/mol. The first kappa shape index (κ1) is 13.0. The number of benzene rings is 1. The number of methoxy groups -OCH3 is 1. The van der Waals surface area contributed by atoms with Crippen molar-refractivity contribution in [3.05, 3.63) is 28.2 Å². The van der Waals surface area contributed by atoms with Gasteiger partial charge < -0.3 is 9.47 Å². The number of esters is 1. The topological polar surface area (TPSA) is 35.5 Å². The van der Waals surface area contributed by atoms with E-state index < -0.39 is 0 Å². The van der Waals surface area contributed by atoms with Gasteiger partial charge in [-0.3, -0.25) is 4.79 Å². The van der Waals surface area contributed by atoms with Crippen LogP contribution < -0.4 is 4.74 Å². The molecule has 0 unspecified atom stereocenters. The lowest BCUT2D eigenvalue weighted by Gasteiger charge is -2.10. The number of carbonyl (C=O) groups excluding carboxylic acids is 1. The van der Waals surface area contributed by atoms with Gasteiger partial charge in [0.1, 0.15) is 5.75 Å². The molecule has 0 aliphatic heterocycles. The maximum Gasteiger partial charge on any atom is 0.305 e. The molecule has 88 valence electrons. The summed E-state index contributed by atoms with van der Waals surface area (Å²) in [5, 5.41) is 0. The van der Waals surface area contributed by atoms with Crippen LogP contribution in [0.15, 0.2) is 22.7 Å². The molecule has 1 rings (SSSR count). The summed E-state index contributed by atoms with van der Waals surface area (Å²) in [5.41, 5.74) is 1.02. The molecule has 0 saturated carbocycles. The Labute approximate surface area is 104 Å². The van der Waals surface area contributed by atoms with Gasteiger partial charge in [0.2, 0.25) is 0 Å². The molecule has 1 aromatic rings. The van der Waals surface area contributed by atoms with E-state index in [9.17, 15) is 4.79 Å². The Balaban J connectivity index is 2.75. The molecule has 0 saturated heterocycles. The standard InChI is InChI=1S/C12H15BrO3/c1-3-16-11-6-5-10(13)8-9(11)4-7-12(14)15-2/h5-6,8H,3-4,7H2,1-2H3. The number of aryl methyl sites for hydroxylation is 1. The Morgan fingerprint density at radius 1 is 1.44 bits per heavy atom. The average Bonchev–Trinajstić information content (AvgIpc) is 2.29. The molecule has 4 heteroatoms. The SMILES string of the molecule is CCOc1ccc(Br)cc1CCC(=O)OC. The van der Waals surface area contributed by atoms with Crippen LogP contribution in [-0.2, 0) is 16.0 Å². The molecule has 3 nitrogen and oxygen atoms in total. The van der Waals surface area contributed by atoms with Crippen molar-refractivity contribution in [2.75, 3.05) is 13.7 Å². The van der Waals surface area contributed by atoms with Crippen molar-refractivity contribution in [2.24, 2.45) is 0 Å². The highest BCUT2D eigenvalue weighted by molar-refractivity contribution is 9.10. The van der Waals surface area contributed by atoms with Gasteiger partial charge in [0, 0.05) is 10.9 Å². The molecule has 0 fully saturated rings. The maximum atomic E-state index is 11.1. The third-order valence-electron chi connectivity index (χ3n) is 2.15. The summed E-state index contributed by atoms with van der Waals surface area (Å²) in [5.74, 6) is 0.622. The number of hydrogen-bond donors (Lipinski definition) is 0. The molecule has 1 aromatic carbocycles. The highest BCUT2D eigenvalue weighted by Crippen LogP contribution is 2.24. The van der Waals surface area contributed by atoms with Crippen molar-refractivity contribution in [1.82, 2.24) is 0 Å². The molecule has 0 radical (unpaired) electrons. The Kier molecular flexibility index (Phi) is 5.32. The lowest BCUT2D eigenvalue weighted by Crippen LogP contribution is -2.03. The molecular weight excluding hydrogens is 272 g/mol. The van der Waals surface area contributed by atoms with Gasteiger partial charge in [0.05, 0.1) is 13.7 Å². The van der Waals surface area contributed by atoms with E-state index in [1.807, 2.05) is 25.1 Å². The summed E-state index contributed by atoms with van der Waals surface area (Å²) < 4.78 is 11.1. The number of ether oxygens (including phenoxy) is 2. The second kappa shape index (κ2) is 6.53. The van der Waals surface area contributed by atoms with Gasteiger partial charge in [-0.05, 0) is 37.1 Å². The molecule has 0 heterocycles. The van der Waals surface area contributed by atoms with Crippen LogP contribution >= 0.6 is 15.9 Å². The van der Waals surface area contributed by atoms with Crippen molar-refractivity contribution < 1.29 is 14.3 Å². The lowest BCUT2D eigenvalue weighted by atomic mass is 10.1. The molecule has 0 aliphatic carbocycles. The summed E-state index contributed by atoms with van der Waals surface area (Å²) in [6.07, 6.45) is 0.995. The first-order valence-corrected chi connectivity index (χ1v) is 5.94. The fraction of sp³-hybridized carbons (Fsp3) is 0.417. The second-order valence-corrected chi connectivity index (χ2v) is 4.18. The molecule has 0 aliphatic rings. The summed E-state index contributed by atoms with van der Waals surface area (Å²) in [7, 11) is 1.40. The van der Waals surface area contributed by atoms with Crippen LogP contribution in [0.3, 0.4) is 0 Å². The molecule has 0 atom stereocenters.